The van der Waals surface area contributed by atoms with E-state index in [4.69, 9.17) is 22.1 Å². The number of aryl methyl sites for hydroxylation is 1. The smallest absolute Gasteiger partial charge is 0.263 e. The standard InChI is InChI=1S/C23H19N3O2S2/c1-3-11-28-18-9-10-19(15(2)12-18)21-16(13-20-22(27)24-23(29)30-20)14-26(25-21)17-7-5-4-6-8-17/h3-10,12-14H,1,11H2,2H3,(H,24,27,29). The first-order valence-corrected chi connectivity index (χ1v) is 10.5. The molecule has 150 valence electrons. The maximum atomic E-state index is 12.2. The third kappa shape index (κ3) is 4.22. The molecule has 7 heteroatoms. The number of ether oxygens (including phenoxy) is 1. The van der Waals surface area contributed by atoms with Gasteiger partial charge in [0.1, 0.15) is 22.4 Å². The number of hydrogen-bond donors (Lipinski definition) is 1. The van der Waals surface area contributed by atoms with Crippen LogP contribution in [0.4, 0.5) is 0 Å². The number of thiocarbonyl (C=S) groups is 1. The van der Waals surface area contributed by atoms with Gasteiger partial charge in [0.05, 0.1) is 10.6 Å². The molecule has 0 bridgehead atoms. The van der Waals surface area contributed by atoms with E-state index in [1.165, 1.54) is 11.8 Å². The molecule has 1 N–H and O–H groups in total. The van der Waals surface area contributed by atoms with Crippen molar-refractivity contribution in [3.63, 3.8) is 0 Å². The van der Waals surface area contributed by atoms with Crippen molar-refractivity contribution in [3.05, 3.63) is 83.4 Å². The molecule has 0 unspecified atom stereocenters. The van der Waals surface area contributed by atoms with Crippen molar-refractivity contribution in [2.24, 2.45) is 0 Å². The molecule has 0 atom stereocenters. The largest absolute Gasteiger partial charge is 0.490 e. The van der Waals surface area contributed by atoms with Crippen LogP contribution in [0.5, 0.6) is 5.75 Å². The van der Waals surface area contributed by atoms with E-state index >= 15 is 0 Å². The summed E-state index contributed by atoms with van der Waals surface area (Å²) in [7, 11) is 0. The number of nitrogens with zero attached hydrogens (tertiary/aromatic N) is 2. The molecule has 30 heavy (non-hydrogen) atoms. The van der Waals surface area contributed by atoms with Crippen LogP contribution in [0.1, 0.15) is 11.1 Å². The van der Waals surface area contributed by atoms with Gasteiger partial charge in [0.2, 0.25) is 0 Å². The molecule has 1 fully saturated rings. The third-order valence-corrected chi connectivity index (χ3v) is 5.68. The van der Waals surface area contributed by atoms with E-state index in [0.717, 1.165) is 33.8 Å². The van der Waals surface area contributed by atoms with Gasteiger partial charge in [-0.2, -0.15) is 5.10 Å². The van der Waals surface area contributed by atoms with Gasteiger partial charge in [-0.05, 0) is 48.9 Å². The highest BCUT2D eigenvalue weighted by molar-refractivity contribution is 8.26. The molecule has 0 radical (unpaired) electrons. The predicted octanol–water partition coefficient (Wildman–Crippen LogP) is 4.90. The molecule has 3 aromatic rings. The molecule has 5 nitrogen and oxygen atoms in total. The van der Waals surface area contributed by atoms with Gasteiger partial charge in [0, 0.05) is 17.3 Å². The molecule has 4 rings (SSSR count). The molecule has 0 aliphatic carbocycles. The Balaban J connectivity index is 1.81. The summed E-state index contributed by atoms with van der Waals surface area (Å²) < 4.78 is 7.92. The van der Waals surface area contributed by atoms with E-state index in [0.29, 0.717) is 15.8 Å². The van der Waals surface area contributed by atoms with Crippen molar-refractivity contribution in [1.82, 2.24) is 15.1 Å². The van der Waals surface area contributed by atoms with Gasteiger partial charge in [0.25, 0.3) is 5.91 Å². The molecular formula is C23H19N3O2S2. The summed E-state index contributed by atoms with van der Waals surface area (Å²) in [6, 6.07) is 15.7. The lowest BCUT2D eigenvalue weighted by Crippen LogP contribution is -2.17. The fourth-order valence-electron chi connectivity index (χ4n) is 3.12. The highest BCUT2D eigenvalue weighted by Gasteiger charge is 2.23. The van der Waals surface area contributed by atoms with E-state index in [9.17, 15) is 4.79 Å². The maximum absolute atomic E-state index is 12.2. The number of carbonyl (C=O) groups is 1. The Labute approximate surface area is 184 Å². The third-order valence-electron chi connectivity index (χ3n) is 4.51. The number of nitrogens with one attached hydrogen (secondary N) is 1. The van der Waals surface area contributed by atoms with Crippen LogP contribution in [0.2, 0.25) is 0 Å². The van der Waals surface area contributed by atoms with Crippen molar-refractivity contribution in [2.75, 3.05) is 6.61 Å². The average Bonchev–Trinajstić information content (AvgIpc) is 3.30. The number of benzene rings is 2. The van der Waals surface area contributed by atoms with E-state index in [1.807, 2.05) is 72.4 Å². The summed E-state index contributed by atoms with van der Waals surface area (Å²) in [5, 5.41) is 7.49. The molecule has 1 aliphatic heterocycles. The molecule has 1 aromatic heterocycles. The second kappa shape index (κ2) is 8.69. The highest BCUT2D eigenvalue weighted by Crippen LogP contribution is 2.33. The van der Waals surface area contributed by atoms with Gasteiger partial charge >= 0.3 is 0 Å². The van der Waals surface area contributed by atoms with Gasteiger partial charge < -0.3 is 10.1 Å². The monoisotopic (exact) mass is 433 g/mol. The van der Waals surface area contributed by atoms with Crippen molar-refractivity contribution < 1.29 is 9.53 Å². The van der Waals surface area contributed by atoms with Crippen LogP contribution < -0.4 is 10.1 Å². The molecule has 1 saturated heterocycles. The number of carbonyl (C=O) groups excluding carboxylic acids is 1. The molecule has 0 saturated carbocycles. The molecular weight excluding hydrogens is 414 g/mol. The molecule has 1 amide bonds. The second-order valence-corrected chi connectivity index (χ2v) is 8.36. The Morgan fingerprint density at radius 2 is 2.07 bits per heavy atom. The fraction of sp³-hybridized carbons (Fsp3) is 0.0870. The maximum Gasteiger partial charge on any atom is 0.263 e. The Kier molecular flexibility index (Phi) is 5.83. The lowest BCUT2D eigenvalue weighted by atomic mass is 10.0. The van der Waals surface area contributed by atoms with Crippen LogP contribution in [-0.2, 0) is 4.79 Å². The summed E-state index contributed by atoms with van der Waals surface area (Å²) in [6.45, 7) is 6.14. The SMILES string of the molecule is C=CCOc1ccc(-c2nn(-c3ccccc3)cc2C=C2SC(=S)NC2=O)c(C)c1. The summed E-state index contributed by atoms with van der Waals surface area (Å²) in [5.41, 5.74) is 4.54. The first kappa shape index (κ1) is 20.1. The quantitative estimate of drug-likeness (QED) is 0.340. The van der Waals surface area contributed by atoms with Crippen molar-refractivity contribution in [3.8, 4) is 22.7 Å². The number of aromatic nitrogens is 2. The van der Waals surface area contributed by atoms with E-state index < -0.39 is 0 Å². The van der Waals surface area contributed by atoms with Crippen LogP contribution in [0.25, 0.3) is 23.0 Å². The first-order valence-electron chi connectivity index (χ1n) is 9.30. The van der Waals surface area contributed by atoms with E-state index in [2.05, 4.69) is 11.9 Å². The second-order valence-electron chi connectivity index (χ2n) is 6.64. The van der Waals surface area contributed by atoms with Gasteiger partial charge in [-0.1, -0.05) is 54.8 Å². The van der Waals surface area contributed by atoms with Gasteiger partial charge in [-0.3, -0.25) is 4.79 Å². The molecule has 2 heterocycles. The van der Waals surface area contributed by atoms with Crippen molar-refractivity contribution in [2.45, 2.75) is 6.92 Å². The zero-order chi connectivity index (χ0) is 21.1. The summed E-state index contributed by atoms with van der Waals surface area (Å²) >= 11 is 6.37. The lowest BCUT2D eigenvalue weighted by Gasteiger charge is -2.08. The molecule has 2 aromatic carbocycles. The Morgan fingerprint density at radius 1 is 1.27 bits per heavy atom. The summed E-state index contributed by atoms with van der Waals surface area (Å²) in [6.07, 6.45) is 5.47. The van der Waals surface area contributed by atoms with Crippen molar-refractivity contribution >= 4 is 40.3 Å². The minimum atomic E-state index is -0.187. The minimum absolute atomic E-state index is 0.187. The predicted molar refractivity (Wildman–Crippen MR) is 126 cm³/mol. The van der Waals surface area contributed by atoms with E-state index in [1.54, 1.807) is 6.08 Å². The van der Waals surface area contributed by atoms with Gasteiger partial charge in [-0.15, -0.1) is 0 Å². The Morgan fingerprint density at radius 3 is 2.73 bits per heavy atom. The Bertz CT molecular complexity index is 1170. The zero-order valence-corrected chi connectivity index (χ0v) is 17.9. The van der Waals surface area contributed by atoms with Crippen molar-refractivity contribution in [1.29, 1.82) is 0 Å². The summed E-state index contributed by atoms with van der Waals surface area (Å²) in [5.74, 6) is 0.586. The Hall–Kier alpha value is -3.16. The normalized spacial score (nSPS) is 14.8. The van der Waals surface area contributed by atoms with Crippen LogP contribution in [0.3, 0.4) is 0 Å². The number of thioether (sulfide) groups is 1. The zero-order valence-electron chi connectivity index (χ0n) is 16.3. The molecule has 1 aliphatic rings. The van der Waals surface area contributed by atoms with Crippen LogP contribution in [-0.4, -0.2) is 26.6 Å². The number of hydrogen-bond acceptors (Lipinski definition) is 5. The summed E-state index contributed by atoms with van der Waals surface area (Å²) in [4.78, 5) is 12.7. The number of para-hydroxylation sites is 1. The number of amides is 1. The lowest BCUT2D eigenvalue weighted by molar-refractivity contribution is -0.115. The van der Waals surface area contributed by atoms with Crippen LogP contribution in [0, 0.1) is 6.92 Å². The van der Waals surface area contributed by atoms with Crippen LogP contribution in [0.15, 0.2) is 72.3 Å². The van der Waals surface area contributed by atoms with Crippen LogP contribution >= 0.6 is 24.0 Å². The minimum Gasteiger partial charge on any atom is -0.490 e. The average molecular weight is 434 g/mol. The number of rotatable bonds is 6. The van der Waals surface area contributed by atoms with E-state index in [-0.39, 0.29) is 5.91 Å². The van der Waals surface area contributed by atoms with Gasteiger partial charge in [0.15, 0.2) is 0 Å². The molecule has 0 spiro atoms. The van der Waals surface area contributed by atoms with Gasteiger partial charge in [-0.25, -0.2) is 4.68 Å². The highest BCUT2D eigenvalue weighted by atomic mass is 32.2. The topological polar surface area (TPSA) is 56.1 Å². The fourth-order valence-corrected chi connectivity index (χ4v) is 4.16. The first-order chi connectivity index (χ1) is 14.5.